The van der Waals surface area contributed by atoms with Crippen LogP contribution in [-0.4, -0.2) is 18.0 Å². The number of fused-ring (bicyclic) bond motifs is 4. The Morgan fingerprint density at radius 1 is 1.04 bits per heavy atom. The molecule has 0 saturated heterocycles. The van der Waals surface area contributed by atoms with E-state index in [0.717, 1.165) is 36.5 Å². The molecular formula is C21H31NO. The van der Waals surface area contributed by atoms with Crippen molar-refractivity contribution in [2.24, 2.45) is 45.4 Å². The highest BCUT2D eigenvalue weighted by molar-refractivity contribution is 5.79. The van der Waals surface area contributed by atoms with Crippen molar-refractivity contribution in [3.05, 3.63) is 0 Å². The number of carbonyl (C=O) groups is 1. The van der Waals surface area contributed by atoms with Crippen LogP contribution in [0.15, 0.2) is 4.99 Å². The van der Waals surface area contributed by atoms with E-state index in [2.05, 4.69) is 20.1 Å². The van der Waals surface area contributed by atoms with Crippen LogP contribution in [0.1, 0.15) is 71.6 Å². The first-order valence-corrected chi connectivity index (χ1v) is 10.1. The third-order valence-corrected chi connectivity index (χ3v) is 9.27. The molecule has 4 saturated carbocycles. The zero-order chi connectivity index (χ0) is 15.8. The van der Waals surface area contributed by atoms with Crippen molar-refractivity contribution in [2.75, 3.05) is 0 Å². The molecule has 1 spiro atoms. The minimum absolute atomic E-state index is 0.456. The SMILES string of the molecule is C[C@@H]1N=C[C@@]23CC[C@@H]4[C@H](CC[C@H]5CC(=O)CC[C@@]54C)[C@H]2CC[C@@H]13. The average Bonchev–Trinajstić information content (AvgIpc) is 3.06. The summed E-state index contributed by atoms with van der Waals surface area (Å²) in [7, 11) is 0. The quantitative estimate of drug-likeness (QED) is 0.639. The second-order valence-corrected chi connectivity index (χ2v) is 9.75. The van der Waals surface area contributed by atoms with E-state index in [-0.39, 0.29) is 0 Å². The lowest BCUT2D eigenvalue weighted by atomic mass is 9.45. The van der Waals surface area contributed by atoms with Gasteiger partial charge in [0.05, 0.1) is 6.04 Å². The molecule has 0 radical (unpaired) electrons. The Hall–Kier alpha value is -0.660. The molecule has 23 heavy (non-hydrogen) atoms. The Morgan fingerprint density at radius 2 is 1.87 bits per heavy atom. The van der Waals surface area contributed by atoms with Gasteiger partial charge < -0.3 is 0 Å². The first-order chi connectivity index (χ1) is 11.0. The van der Waals surface area contributed by atoms with E-state index < -0.39 is 0 Å². The zero-order valence-electron chi connectivity index (χ0n) is 14.8. The van der Waals surface area contributed by atoms with Gasteiger partial charge >= 0.3 is 0 Å². The Labute approximate surface area is 140 Å². The summed E-state index contributed by atoms with van der Waals surface area (Å²) in [5, 5.41) is 0. The monoisotopic (exact) mass is 313 g/mol. The Bertz CT molecular complexity index is 568. The van der Waals surface area contributed by atoms with Crippen molar-refractivity contribution in [1.29, 1.82) is 0 Å². The van der Waals surface area contributed by atoms with E-state index in [1.807, 2.05) is 0 Å². The van der Waals surface area contributed by atoms with E-state index in [9.17, 15) is 4.79 Å². The highest BCUT2D eigenvalue weighted by Crippen LogP contribution is 2.68. The Balaban J connectivity index is 1.48. The van der Waals surface area contributed by atoms with Gasteiger partial charge in [0.25, 0.3) is 0 Å². The average molecular weight is 313 g/mol. The summed E-state index contributed by atoms with van der Waals surface area (Å²) in [4.78, 5) is 16.8. The predicted octanol–water partition coefficient (Wildman–Crippen LogP) is 4.67. The number of nitrogens with zero attached hydrogens (tertiary/aromatic N) is 1. The van der Waals surface area contributed by atoms with E-state index in [1.54, 1.807) is 0 Å². The van der Waals surface area contributed by atoms with Gasteiger partial charge in [0.15, 0.2) is 0 Å². The number of aliphatic imine (C=N–C) groups is 1. The fraction of sp³-hybridized carbons (Fsp3) is 0.905. The van der Waals surface area contributed by atoms with Crippen LogP contribution in [-0.2, 0) is 4.79 Å². The molecule has 8 atom stereocenters. The number of Topliss-reactive ketones (excluding diaryl/α,β-unsaturated/α-hetero) is 1. The highest BCUT2D eigenvalue weighted by atomic mass is 16.1. The maximum atomic E-state index is 12.0. The summed E-state index contributed by atoms with van der Waals surface area (Å²) >= 11 is 0. The molecule has 0 N–H and O–H groups in total. The molecule has 4 aliphatic carbocycles. The van der Waals surface area contributed by atoms with Crippen LogP contribution in [0.25, 0.3) is 0 Å². The first kappa shape index (κ1) is 14.7. The first-order valence-electron chi connectivity index (χ1n) is 10.1. The summed E-state index contributed by atoms with van der Waals surface area (Å²) in [6.45, 7) is 4.89. The Morgan fingerprint density at radius 3 is 2.74 bits per heavy atom. The lowest BCUT2D eigenvalue weighted by Gasteiger charge is -2.59. The van der Waals surface area contributed by atoms with Crippen molar-refractivity contribution < 1.29 is 4.79 Å². The Kier molecular flexibility index (Phi) is 3.00. The molecule has 0 aromatic heterocycles. The fourth-order valence-corrected chi connectivity index (χ4v) is 8.12. The molecule has 4 fully saturated rings. The van der Waals surface area contributed by atoms with Crippen molar-refractivity contribution in [2.45, 2.75) is 77.7 Å². The van der Waals surface area contributed by atoms with Crippen molar-refractivity contribution in [1.82, 2.24) is 0 Å². The minimum atomic E-state index is 0.456. The molecule has 1 aliphatic heterocycles. The van der Waals surface area contributed by atoms with Crippen LogP contribution in [0.5, 0.6) is 0 Å². The van der Waals surface area contributed by atoms with Gasteiger partial charge in [-0.05, 0) is 86.9 Å². The maximum Gasteiger partial charge on any atom is 0.133 e. The van der Waals surface area contributed by atoms with Crippen molar-refractivity contribution >= 4 is 12.0 Å². The molecule has 5 rings (SSSR count). The van der Waals surface area contributed by atoms with Gasteiger partial charge in [-0.3, -0.25) is 9.79 Å². The van der Waals surface area contributed by atoms with Crippen LogP contribution in [0.2, 0.25) is 0 Å². The van der Waals surface area contributed by atoms with Gasteiger partial charge in [0, 0.05) is 24.5 Å². The van der Waals surface area contributed by atoms with Gasteiger partial charge in [0.1, 0.15) is 5.78 Å². The third kappa shape index (κ3) is 1.76. The number of hydrogen-bond donors (Lipinski definition) is 0. The lowest BCUT2D eigenvalue weighted by molar-refractivity contribution is -0.136. The summed E-state index contributed by atoms with van der Waals surface area (Å²) in [6, 6.07) is 0.566. The molecule has 2 heteroatoms. The van der Waals surface area contributed by atoms with Gasteiger partial charge in [-0.1, -0.05) is 6.92 Å². The molecule has 0 aromatic carbocycles. The van der Waals surface area contributed by atoms with E-state index in [0.29, 0.717) is 28.6 Å². The number of carbonyl (C=O) groups excluding carboxylic acids is 1. The van der Waals surface area contributed by atoms with Crippen LogP contribution < -0.4 is 0 Å². The highest BCUT2D eigenvalue weighted by Gasteiger charge is 2.63. The molecule has 0 aromatic rings. The molecule has 0 bridgehead atoms. The van der Waals surface area contributed by atoms with Gasteiger partial charge in [0.2, 0.25) is 0 Å². The minimum Gasteiger partial charge on any atom is -0.300 e. The lowest BCUT2D eigenvalue weighted by Crippen LogP contribution is -2.54. The fourth-order valence-electron chi connectivity index (χ4n) is 8.12. The number of rotatable bonds is 0. The molecule has 126 valence electrons. The molecule has 0 amide bonds. The summed E-state index contributed by atoms with van der Waals surface area (Å²) in [5.41, 5.74) is 0.923. The van der Waals surface area contributed by atoms with E-state index in [1.165, 1.54) is 44.9 Å². The van der Waals surface area contributed by atoms with Gasteiger partial charge in [-0.15, -0.1) is 0 Å². The second-order valence-electron chi connectivity index (χ2n) is 9.75. The summed E-state index contributed by atoms with van der Waals surface area (Å²) < 4.78 is 0. The van der Waals surface area contributed by atoms with E-state index in [4.69, 9.17) is 4.99 Å². The van der Waals surface area contributed by atoms with Crippen LogP contribution >= 0.6 is 0 Å². The summed E-state index contributed by atoms with van der Waals surface area (Å²) in [6.07, 6.45) is 13.7. The molecular weight excluding hydrogens is 282 g/mol. The van der Waals surface area contributed by atoms with Crippen molar-refractivity contribution in [3.63, 3.8) is 0 Å². The number of hydrogen-bond acceptors (Lipinski definition) is 2. The topological polar surface area (TPSA) is 29.4 Å². The molecule has 0 unspecified atom stereocenters. The standard InChI is InChI=1S/C21H31NO/c1-13-17-5-6-19-16-4-3-14-11-15(23)7-9-20(14,2)18(16)8-10-21(17,19)12-22-13/h12-14,16-19H,3-11H2,1-2H3/t13-,14-,16-,17-,18+,19+,20-,21+/m0/s1. The van der Waals surface area contributed by atoms with Crippen LogP contribution in [0, 0.1) is 40.4 Å². The predicted molar refractivity (Wildman–Crippen MR) is 92.5 cm³/mol. The van der Waals surface area contributed by atoms with Crippen molar-refractivity contribution in [3.8, 4) is 0 Å². The maximum absolute atomic E-state index is 12.0. The second kappa shape index (κ2) is 4.70. The number of ketones is 1. The normalized spacial score (nSPS) is 57.6. The molecule has 5 aliphatic rings. The third-order valence-electron chi connectivity index (χ3n) is 9.27. The zero-order valence-corrected chi connectivity index (χ0v) is 14.8. The van der Waals surface area contributed by atoms with Crippen LogP contribution in [0.3, 0.4) is 0 Å². The van der Waals surface area contributed by atoms with Gasteiger partial charge in [-0.2, -0.15) is 0 Å². The molecule has 2 nitrogen and oxygen atoms in total. The van der Waals surface area contributed by atoms with E-state index >= 15 is 0 Å². The summed E-state index contributed by atoms with van der Waals surface area (Å²) in [5.74, 6) is 4.76. The van der Waals surface area contributed by atoms with Crippen LogP contribution in [0.4, 0.5) is 0 Å². The molecule has 1 heterocycles. The van der Waals surface area contributed by atoms with Gasteiger partial charge in [-0.25, -0.2) is 0 Å². The largest absolute Gasteiger partial charge is 0.300 e. The smallest absolute Gasteiger partial charge is 0.133 e.